The van der Waals surface area contributed by atoms with E-state index < -0.39 is 0 Å². The number of rotatable bonds is 4. The molecule has 2 aromatic carbocycles. The molecule has 0 aliphatic carbocycles. The van der Waals surface area contributed by atoms with Gasteiger partial charge in [-0.25, -0.2) is 4.68 Å². The van der Waals surface area contributed by atoms with Crippen LogP contribution in [-0.4, -0.2) is 50.0 Å². The Kier molecular flexibility index (Phi) is 5.79. The van der Waals surface area contributed by atoms with Crippen molar-refractivity contribution in [3.05, 3.63) is 65.0 Å². The van der Waals surface area contributed by atoms with Crippen LogP contribution in [0.5, 0.6) is 0 Å². The van der Waals surface area contributed by atoms with Crippen molar-refractivity contribution in [3.63, 3.8) is 0 Å². The Morgan fingerprint density at radius 2 is 1.84 bits per heavy atom. The predicted octanol–water partition coefficient (Wildman–Crippen LogP) is 3.08. The average Bonchev–Trinajstić information content (AvgIpc) is 3.27. The fourth-order valence-electron chi connectivity index (χ4n) is 4.16. The molecule has 4 rings (SSSR count). The number of hydrogen-bond acceptors (Lipinski definition) is 5. The van der Waals surface area contributed by atoms with Crippen LogP contribution in [0.1, 0.15) is 39.9 Å². The summed E-state index contributed by atoms with van der Waals surface area (Å²) in [5, 5.41) is 14.2. The van der Waals surface area contributed by atoms with E-state index in [1.165, 1.54) is 6.33 Å². The molecule has 0 saturated carbocycles. The molecule has 1 aromatic heterocycles. The van der Waals surface area contributed by atoms with E-state index in [1.807, 2.05) is 51.1 Å². The number of benzene rings is 2. The zero-order valence-corrected chi connectivity index (χ0v) is 18.0. The van der Waals surface area contributed by atoms with Crippen molar-refractivity contribution in [2.45, 2.75) is 33.6 Å². The van der Waals surface area contributed by atoms with Crippen LogP contribution in [0.4, 0.5) is 5.69 Å². The highest BCUT2D eigenvalue weighted by Gasteiger charge is 2.29. The first kappa shape index (κ1) is 20.7. The average molecular weight is 419 g/mol. The standard InChI is InChI=1S/C23H26N6O2/c1-15-9-16(2)11-19(10-15)23(31)28-8-4-5-18(13-28)22(30)25-20-6-7-21(17(3)12-20)29-14-24-26-27-29/h6-7,9-12,14,18H,4-5,8,13H2,1-3H3,(H,25,30). The molecule has 8 heteroatoms. The molecule has 1 N–H and O–H groups in total. The lowest BCUT2D eigenvalue weighted by Crippen LogP contribution is -2.43. The number of nitrogens with zero attached hydrogens (tertiary/aromatic N) is 5. The summed E-state index contributed by atoms with van der Waals surface area (Å²) in [7, 11) is 0. The smallest absolute Gasteiger partial charge is 0.253 e. The Hall–Kier alpha value is -3.55. The summed E-state index contributed by atoms with van der Waals surface area (Å²) in [6.45, 7) is 7.03. The minimum Gasteiger partial charge on any atom is -0.338 e. The first-order chi connectivity index (χ1) is 14.9. The number of hydrogen-bond donors (Lipinski definition) is 1. The zero-order valence-electron chi connectivity index (χ0n) is 18.0. The fourth-order valence-corrected chi connectivity index (χ4v) is 4.16. The summed E-state index contributed by atoms with van der Waals surface area (Å²) in [5.74, 6) is -0.304. The van der Waals surface area contributed by atoms with E-state index in [-0.39, 0.29) is 17.7 Å². The van der Waals surface area contributed by atoms with Crippen molar-refractivity contribution in [2.24, 2.45) is 5.92 Å². The lowest BCUT2D eigenvalue weighted by molar-refractivity contribution is -0.121. The molecule has 0 spiro atoms. The van der Waals surface area contributed by atoms with Crippen LogP contribution in [-0.2, 0) is 4.79 Å². The molecule has 3 aromatic rings. The fraction of sp³-hybridized carbons (Fsp3) is 0.348. The molecule has 1 fully saturated rings. The number of aryl methyl sites for hydroxylation is 3. The van der Waals surface area contributed by atoms with E-state index in [2.05, 4.69) is 26.9 Å². The summed E-state index contributed by atoms with van der Waals surface area (Å²) in [4.78, 5) is 27.7. The van der Waals surface area contributed by atoms with Crippen molar-refractivity contribution in [3.8, 4) is 5.69 Å². The van der Waals surface area contributed by atoms with Gasteiger partial charge in [0.25, 0.3) is 5.91 Å². The lowest BCUT2D eigenvalue weighted by atomic mass is 9.96. The van der Waals surface area contributed by atoms with Crippen molar-refractivity contribution in [1.82, 2.24) is 25.1 Å². The predicted molar refractivity (Wildman–Crippen MR) is 117 cm³/mol. The van der Waals surface area contributed by atoms with Crippen LogP contribution < -0.4 is 5.32 Å². The highest BCUT2D eigenvalue weighted by molar-refractivity contribution is 5.96. The summed E-state index contributed by atoms with van der Waals surface area (Å²) in [6.07, 6.45) is 3.11. The van der Waals surface area contributed by atoms with Crippen LogP contribution in [0.3, 0.4) is 0 Å². The molecule has 2 heterocycles. The van der Waals surface area contributed by atoms with Crippen molar-refractivity contribution in [1.29, 1.82) is 0 Å². The van der Waals surface area contributed by atoms with Gasteiger partial charge in [-0.05, 0) is 79.9 Å². The second-order valence-corrected chi connectivity index (χ2v) is 8.21. The van der Waals surface area contributed by atoms with E-state index in [0.717, 1.165) is 40.9 Å². The van der Waals surface area contributed by atoms with E-state index >= 15 is 0 Å². The summed E-state index contributed by atoms with van der Waals surface area (Å²) in [5.41, 5.74) is 5.33. The Labute approximate surface area is 181 Å². The number of carbonyl (C=O) groups is 2. The highest BCUT2D eigenvalue weighted by atomic mass is 16.2. The van der Waals surface area contributed by atoms with Gasteiger partial charge in [-0.3, -0.25) is 9.59 Å². The van der Waals surface area contributed by atoms with Crippen LogP contribution in [0, 0.1) is 26.7 Å². The number of aromatic nitrogens is 4. The normalized spacial score (nSPS) is 16.2. The van der Waals surface area contributed by atoms with Gasteiger partial charge in [0.1, 0.15) is 6.33 Å². The third-order valence-electron chi connectivity index (χ3n) is 5.61. The largest absolute Gasteiger partial charge is 0.338 e. The zero-order chi connectivity index (χ0) is 22.0. The van der Waals surface area contributed by atoms with E-state index in [1.54, 1.807) is 9.58 Å². The maximum Gasteiger partial charge on any atom is 0.253 e. The van der Waals surface area contributed by atoms with Gasteiger partial charge in [0.05, 0.1) is 11.6 Å². The third-order valence-corrected chi connectivity index (χ3v) is 5.61. The number of amides is 2. The third kappa shape index (κ3) is 4.63. The number of piperidine rings is 1. The molecule has 1 aliphatic rings. The van der Waals surface area contributed by atoms with Crippen LogP contribution >= 0.6 is 0 Å². The molecule has 8 nitrogen and oxygen atoms in total. The summed E-state index contributed by atoms with van der Waals surface area (Å²) >= 11 is 0. The Balaban J connectivity index is 1.43. The number of carbonyl (C=O) groups excluding carboxylic acids is 2. The van der Waals surface area contributed by atoms with Gasteiger partial charge in [0.15, 0.2) is 0 Å². The quantitative estimate of drug-likeness (QED) is 0.703. The summed E-state index contributed by atoms with van der Waals surface area (Å²) < 4.78 is 1.58. The van der Waals surface area contributed by atoms with Crippen LogP contribution in [0.25, 0.3) is 5.69 Å². The number of anilines is 1. The first-order valence-corrected chi connectivity index (χ1v) is 10.4. The van der Waals surface area contributed by atoms with Gasteiger partial charge < -0.3 is 10.2 Å². The first-order valence-electron chi connectivity index (χ1n) is 10.4. The molecule has 2 amide bonds. The Morgan fingerprint density at radius 3 is 2.52 bits per heavy atom. The molecule has 1 unspecified atom stereocenters. The van der Waals surface area contributed by atoms with Gasteiger partial charge in [-0.2, -0.15) is 0 Å². The molecule has 0 bridgehead atoms. The molecule has 160 valence electrons. The molecule has 0 radical (unpaired) electrons. The maximum atomic E-state index is 13.0. The van der Waals surface area contributed by atoms with Crippen LogP contribution in [0.2, 0.25) is 0 Å². The van der Waals surface area contributed by atoms with E-state index in [0.29, 0.717) is 18.7 Å². The SMILES string of the molecule is Cc1cc(C)cc(C(=O)N2CCCC(C(=O)Nc3ccc(-n4cnnn4)c(C)c3)C2)c1. The van der Waals surface area contributed by atoms with Crippen LogP contribution in [0.15, 0.2) is 42.7 Å². The minimum absolute atomic E-state index is 0.00839. The molecule has 1 aliphatic heterocycles. The van der Waals surface area contributed by atoms with Gasteiger partial charge in [0, 0.05) is 24.3 Å². The Bertz CT molecular complexity index is 1090. The number of likely N-dealkylation sites (tertiary alicyclic amines) is 1. The molecular weight excluding hydrogens is 392 g/mol. The van der Waals surface area contributed by atoms with Crippen molar-refractivity contribution >= 4 is 17.5 Å². The minimum atomic E-state index is -0.233. The Morgan fingerprint density at radius 1 is 1.06 bits per heavy atom. The second kappa shape index (κ2) is 8.67. The topological polar surface area (TPSA) is 93.0 Å². The van der Waals surface area contributed by atoms with Crippen molar-refractivity contribution in [2.75, 3.05) is 18.4 Å². The van der Waals surface area contributed by atoms with Gasteiger partial charge >= 0.3 is 0 Å². The summed E-state index contributed by atoms with van der Waals surface area (Å²) in [6, 6.07) is 11.5. The molecular formula is C23H26N6O2. The van der Waals surface area contributed by atoms with Crippen molar-refractivity contribution < 1.29 is 9.59 Å². The van der Waals surface area contributed by atoms with E-state index in [4.69, 9.17) is 0 Å². The van der Waals surface area contributed by atoms with Gasteiger partial charge in [-0.15, -0.1) is 5.10 Å². The monoisotopic (exact) mass is 418 g/mol. The highest BCUT2D eigenvalue weighted by Crippen LogP contribution is 2.23. The molecule has 31 heavy (non-hydrogen) atoms. The molecule has 1 atom stereocenters. The van der Waals surface area contributed by atoms with Gasteiger partial charge in [-0.1, -0.05) is 17.2 Å². The lowest BCUT2D eigenvalue weighted by Gasteiger charge is -2.32. The van der Waals surface area contributed by atoms with E-state index in [9.17, 15) is 9.59 Å². The second-order valence-electron chi connectivity index (χ2n) is 8.21. The maximum absolute atomic E-state index is 13.0. The number of tetrazole rings is 1. The molecule has 1 saturated heterocycles. The number of nitrogens with one attached hydrogen (secondary N) is 1. The van der Waals surface area contributed by atoms with Gasteiger partial charge in [0.2, 0.25) is 5.91 Å².